The van der Waals surface area contributed by atoms with Gasteiger partial charge in [0.1, 0.15) is 0 Å². The van der Waals surface area contributed by atoms with Crippen molar-refractivity contribution < 1.29 is 4.79 Å². The van der Waals surface area contributed by atoms with Crippen LogP contribution in [0.2, 0.25) is 0 Å². The van der Waals surface area contributed by atoms with E-state index in [-0.39, 0.29) is 0 Å². The van der Waals surface area contributed by atoms with Crippen molar-refractivity contribution in [1.29, 1.82) is 0 Å². The Morgan fingerprint density at radius 3 is 2.91 bits per heavy atom. The molecule has 0 aromatic carbocycles. The van der Waals surface area contributed by atoms with E-state index in [9.17, 15) is 4.79 Å². The molecule has 3 heteroatoms. The van der Waals surface area contributed by atoms with Crippen molar-refractivity contribution >= 4 is 22.9 Å². The second-order valence-electron chi connectivity index (χ2n) is 1.89. The van der Waals surface area contributed by atoms with Crippen molar-refractivity contribution in [3.63, 3.8) is 0 Å². The molecule has 1 heterocycles. The molecule has 0 spiro atoms. The summed E-state index contributed by atoms with van der Waals surface area (Å²) in [5, 5.41) is -0.490. The van der Waals surface area contributed by atoms with E-state index in [2.05, 4.69) is 4.98 Å². The lowest BCUT2D eigenvalue weighted by Crippen LogP contribution is -1.79. The fourth-order valence-corrected chi connectivity index (χ4v) is 0.688. The summed E-state index contributed by atoms with van der Waals surface area (Å²) in [6, 6.07) is 5.43. The number of carbonyl (C=O) groups is 1. The van der Waals surface area contributed by atoms with Crippen LogP contribution in [0.5, 0.6) is 0 Å². The molecule has 11 heavy (non-hydrogen) atoms. The molecule has 56 valence electrons. The summed E-state index contributed by atoms with van der Waals surface area (Å²) in [4.78, 5) is 14.2. The van der Waals surface area contributed by atoms with Crippen molar-refractivity contribution in [2.24, 2.45) is 0 Å². The van der Waals surface area contributed by atoms with Crippen LogP contribution in [0.4, 0.5) is 0 Å². The SMILES string of the molecule is O=C(Cl)C=Cc1ccccn1. The lowest BCUT2D eigenvalue weighted by Gasteiger charge is -1.86. The lowest BCUT2D eigenvalue weighted by atomic mass is 10.3. The predicted octanol–water partition coefficient (Wildman–Crippen LogP) is 1.86. The van der Waals surface area contributed by atoms with Gasteiger partial charge >= 0.3 is 0 Å². The van der Waals surface area contributed by atoms with Crippen LogP contribution in [0, 0.1) is 0 Å². The molecule has 1 rings (SSSR count). The van der Waals surface area contributed by atoms with Gasteiger partial charge in [0.25, 0.3) is 0 Å². The van der Waals surface area contributed by atoms with E-state index in [4.69, 9.17) is 11.6 Å². The van der Waals surface area contributed by atoms with Gasteiger partial charge in [-0.3, -0.25) is 9.78 Å². The van der Waals surface area contributed by atoms with Gasteiger partial charge in [-0.2, -0.15) is 0 Å². The molecule has 0 radical (unpaired) electrons. The van der Waals surface area contributed by atoms with E-state index in [1.807, 2.05) is 6.07 Å². The number of allylic oxidation sites excluding steroid dienone is 1. The summed E-state index contributed by atoms with van der Waals surface area (Å²) < 4.78 is 0. The topological polar surface area (TPSA) is 30.0 Å². The number of hydrogen-bond donors (Lipinski definition) is 0. The van der Waals surface area contributed by atoms with Gasteiger partial charge in [0.15, 0.2) is 0 Å². The zero-order chi connectivity index (χ0) is 8.10. The van der Waals surface area contributed by atoms with E-state index >= 15 is 0 Å². The van der Waals surface area contributed by atoms with Gasteiger partial charge in [0.2, 0.25) is 5.24 Å². The fourth-order valence-electron chi connectivity index (χ4n) is 0.625. The molecule has 0 amide bonds. The van der Waals surface area contributed by atoms with Crippen molar-refractivity contribution in [1.82, 2.24) is 4.98 Å². The quantitative estimate of drug-likeness (QED) is 0.497. The smallest absolute Gasteiger partial charge is 0.245 e. The summed E-state index contributed by atoms with van der Waals surface area (Å²) >= 11 is 5.07. The fraction of sp³-hybridized carbons (Fsp3) is 0. The monoisotopic (exact) mass is 167 g/mol. The molecule has 0 N–H and O–H groups in total. The Balaban J connectivity index is 2.72. The van der Waals surface area contributed by atoms with Gasteiger partial charge in [-0.05, 0) is 35.9 Å². The molecule has 0 aliphatic rings. The molecule has 0 fully saturated rings. The Bertz CT molecular complexity index is 269. The Morgan fingerprint density at radius 1 is 1.55 bits per heavy atom. The molecular formula is C8H6ClNO. The van der Waals surface area contributed by atoms with Gasteiger partial charge in [-0.1, -0.05) is 6.07 Å². The van der Waals surface area contributed by atoms with E-state index in [1.54, 1.807) is 24.4 Å². The van der Waals surface area contributed by atoms with Gasteiger partial charge in [0.05, 0.1) is 5.69 Å². The second-order valence-corrected chi connectivity index (χ2v) is 2.26. The first-order valence-electron chi connectivity index (χ1n) is 3.07. The van der Waals surface area contributed by atoms with Crippen LogP contribution in [0.25, 0.3) is 6.08 Å². The molecular weight excluding hydrogens is 162 g/mol. The van der Waals surface area contributed by atoms with Crippen LogP contribution in [-0.2, 0) is 4.79 Å². The number of rotatable bonds is 2. The third-order valence-corrected chi connectivity index (χ3v) is 1.20. The minimum absolute atomic E-state index is 0.490. The summed E-state index contributed by atoms with van der Waals surface area (Å²) in [5.74, 6) is 0. The predicted molar refractivity (Wildman–Crippen MR) is 44.1 cm³/mol. The Labute approximate surface area is 69.5 Å². The average Bonchev–Trinajstić information content (AvgIpc) is 2.03. The third kappa shape index (κ3) is 2.96. The Morgan fingerprint density at radius 2 is 2.36 bits per heavy atom. The molecule has 0 aliphatic carbocycles. The van der Waals surface area contributed by atoms with Crippen LogP contribution in [0.3, 0.4) is 0 Å². The number of halogens is 1. The molecule has 1 aromatic heterocycles. The van der Waals surface area contributed by atoms with Crippen molar-refractivity contribution in [3.05, 3.63) is 36.2 Å². The van der Waals surface area contributed by atoms with E-state index in [0.29, 0.717) is 0 Å². The first-order chi connectivity index (χ1) is 5.29. The summed E-state index contributed by atoms with van der Waals surface area (Å²) in [6.45, 7) is 0. The molecule has 0 saturated heterocycles. The minimum atomic E-state index is -0.490. The zero-order valence-corrected chi connectivity index (χ0v) is 6.45. The highest BCUT2D eigenvalue weighted by atomic mass is 35.5. The molecule has 1 aromatic rings. The molecule has 0 saturated carbocycles. The molecule has 0 aliphatic heterocycles. The maximum absolute atomic E-state index is 10.3. The van der Waals surface area contributed by atoms with Crippen LogP contribution >= 0.6 is 11.6 Å². The standard InChI is InChI=1S/C8H6ClNO/c9-8(11)5-4-7-3-1-2-6-10-7/h1-6H. The molecule has 2 nitrogen and oxygen atoms in total. The van der Waals surface area contributed by atoms with Gasteiger partial charge < -0.3 is 0 Å². The maximum atomic E-state index is 10.3. The number of nitrogens with zero attached hydrogens (tertiary/aromatic N) is 1. The van der Waals surface area contributed by atoms with Crippen LogP contribution in [0.15, 0.2) is 30.5 Å². The Hall–Kier alpha value is -1.15. The summed E-state index contributed by atoms with van der Waals surface area (Å²) in [6.07, 6.45) is 4.48. The number of aromatic nitrogens is 1. The van der Waals surface area contributed by atoms with Crippen LogP contribution < -0.4 is 0 Å². The highest BCUT2D eigenvalue weighted by Crippen LogP contribution is 1.96. The minimum Gasteiger partial charge on any atom is -0.276 e. The first kappa shape index (κ1) is 7.95. The lowest BCUT2D eigenvalue weighted by molar-refractivity contribution is -0.107. The average molecular weight is 168 g/mol. The number of hydrogen-bond acceptors (Lipinski definition) is 2. The number of carbonyl (C=O) groups excluding carboxylic acids is 1. The zero-order valence-electron chi connectivity index (χ0n) is 5.70. The second kappa shape index (κ2) is 3.88. The van der Waals surface area contributed by atoms with E-state index in [1.165, 1.54) is 6.08 Å². The van der Waals surface area contributed by atoms with Crippen molar-refractivity contribution in [2.75, 3.05) is 0 Å². The van der Waals surface area contributed by atoms with E-state index in [0.717, 1.165) is 5.69 Å². The largest absolute Gasteiger partial charge is 0.276 e. The van der Waals surface area contributed by atoms with Gasteiger partial charge in [-0.25, -0.2) is 0 Å². The molecule has 0 unspecified atom stereocenters. The van der Waals surface area contributed by atoms with Gasteiger partial charge in [0, 0.05) is 6.20 Å². The Kier molecular flexibility index (Phi) is 2.81. The van der Waals surface area contributed by atoms with Crippen molar-refractivity contribution in [3.8, 4) is 0 Å². The maximum Gasteiger partial charge on any atom is 0.245 e. The number of pyridine rings is 1. The summed E-state index contributed by atoms with van der Waals surface area (Å²) in [5.41, 5.74) is 0.724. The van der Waals surface area contributed by atoms with Crippen LogP contribution in [-0.4, -0.2) is 10.2 Å². The van der Waals surface area contributed by atoms with Gasteiger partial charge in [-0.15, -0.1) is 0 Å². The van der Waals surface area contributed by atoms with E-state index < -0.39 is 5.24 Å². The van der Waals surface area contributed by atoms with Crippen LogP contribution in [0.1, 0.15) is 5.69 Å². The summed E-state index contributed by atoms with van der Waals surface area (Å²) in [7, 11) is 0. The molecule has 0 bridgehead atoms. The third-order valence-electron chi connectivity index (χ3n) is 1.07. The van der Waals surface area contributed by atoms with Crippen molar-refractivity contribution in [2.45, 2.75) is 0 Å². The molecule has 0 atom stereocenters. The first-order valence-corrected chi connectivity index (χ1v) is 3.45. The highest BCUT2D eigenvalue weighted by Gasteiger charge is 1.86. The normalized spacial score (nSPS) is 10.3. The highest BCUT2D eigenvalue weighted by molar-refractivity contribution is 6.66.